The molecule has 3 N–H and O–H groups in total. The predicted molar refractivity (Wildman–Crippen MR) is 75.0 cm³/mol. The molecule has 0 aliphatic heterocycles. The summed E-state index contributed by atoms with van der Waals surface area (Å²) < 4.78 is 0.883. The number of hydrogen-bond donors (Lipinski definition) is 2. The van der Waals surface area contributed by atoms with E-state index in [9.17, 15) is 0 Å². The topological polar surface area (TPSA) is 49.5 Å². The lowest BCUT2D eigenvalue weighted by Gasteiger charge is -2.25. The molecule has 1 rings (SSSR count). The Morgan fingerprint density at radius 3 is 2.75 bits per heavy atom. The third-order valence-corrected chi connectivity index (χ3v) is 3.20. The van der Waals surface area contributed by atoms with Crippen LogP contribution in [0, 0.1) is 0 Å². The summed E-state index contributed by atoms with van der Waals surface area (Å²) in [5, 5.41) is 9.01. The summed E-state index contributed by atoms with van der Waals surface area (Å²) >= 11 is 8.49. The van der Waals surface area contributed by atoms with Crippen molar-refractivity contribution >= 4 is 38.8 Å². The molecule has 0 radical (unpaired) electrons. The lowest BCUT2D eigenvalue weighted by atomic mass is 10.1. The zero-order chi connectivity index (χ0) is 12.1. The Morgan fingerprint density at radius 1 is 1.56 bits per heavy atom. The molecule has 0 spiro atoms. The number of nitrogens with zero attached hydrogens (tertiary/aromatic N) is 1. The molecule has 0 heterocycles. The molecule has 5 heteroatoms. The first kappa shape index (κ1) is 13.4. The monoisotopic (exact) mass is 302 g/mol. The van der Waals surface area contributed by atoms with E-state index in [0.717, 1.165) is 22.3 Å². The normalized spacial score (nSPS) is 10.2. The molecule has 0 aromatic heterocycles. The van der Waals surface area contributed by atoms with Gasteiger partial charge in [0.1, 0.15) is 4.99 Å². The highest BCUT2D eigenvalue weighted by Gasteiger charge is 2.13. The average molecular weight is 303 g/mol. The number of aliphatic hydroxyl groups excluding tert-OH is 1. The summed E-state index contributed by atoms with van der Waals surface area (Å²) in [7, 11) is 0. The Bertz CT molecular complexity index is 384. The lowest BCUT2D eigenvalue weighted by molar-refractivity contribution is 0.302. The van der Waals surface area contributed by atoms with Crippen molar-refractivity contribution in [3.05, 3.63) is 28.2 Å². The van der Waals surface area contributed by atoms with Gasteiger partial charge in [-0.3, -0.25) is 0 Å². The minimum absolute atomic E-state index is 0.108. The molecule has 3 nitrogen and oxygen atoms in total. The summed E-state index contributed by atoms with van der Waals surface area (Å²) in [5.41, 5.74) is 7.50. The molecule has 0 aliphatic carbocycles. The highest BCUT2D eigenvalue weighted by Crippen LogP contribution is 2.27. The van der Waals surface area contributed by atoms with Crippen molar-refractivity contribution in [1.29, 1.82) is 0 Å². The standard InChI is InChI=1S/C11H15BrN2OS/c1-2-14(6-7-15)9-5-3-4-8(12)10(9)11(13)16/h3-5,15H,2,6-7H2,1H3,(H2,13,16). The van der Waals surface area contributed by atoms with Crippen LogP contribution in [0.15, 0.2) is 22.7 Å². The molecular weight excluding hydrogens is 288 g/mol. The fraction of sp³-hybridized carbons (Fsp3) is 0.364. The maximum atomic E-state index is 9.01. The van der Waals surface area contributed by atoms with Gasteiger partial charge in [0.2, 0.25) is 0 Å². The maximum absolute atomic E-state index is 9.01. The van der Waals surface area contributed by atoms with E-state index in [1.807, 2.05) is 30.0 Å². The molecule has 0 saturated heterocycles. The van der Waals surface area contributed by atoms with Crippen molar-refractivity contribution in [3.63, 3.8) is 0 Å². The molecule has 0 bridgehead atoms. The number of aliphatic hydroxyl groups is 1. The van der Waals surface area contributed by atoms with E-state index in [1.165, 1.54) is 0 Å². The number of hydrogen-bond acceptors (Lipinski definition) is 3. The van der Waals surface area contributed by atoms with Crippen LogP contribution in [0.3, 0.4) is 0 Å². The molecule has 0 fully saturated rings. The highest BCUT2D eigenvalue weighted by molar-refractivity contribution is 9.10. The van der Waals surface area contributed by atoms with E-state index < -0.39 is 0 Å². The smallest absolute Gasteiger partial charge is 0.107 e. The van der Waals surface area contributed by atoms with Gasteiger partial charge in [0.15, 0.2) is 0 Å². The predicted octanol–water partition coefficient (Wildman–Crippen LogP) is 1.90. The van der Waals surface area contributed by atoms with Crippen LogP contribution in [0.4, 0.5) is 5.69 Å². The molecule has 1 aromatic rings. The molecular formula is C11H15BrN2OS. The molecule has 0 unspecified atom stereocenters. The number of nitrogens with two attached hydrogens (primary N) is 1. The largest absolute Gasteiger partial charge is 0.395 e. The summed E-state index contributed by atoms with van der Waals surface area (Å²) in [6.45, 7) is 3.51. The van der Waals surface area contributed by atoms with E-state index in [-0.39, 0.29) is 6.61 Å². The first-order chi connectivity index (χ1) is 7.61. The van der Waals surface area contributed by atoms with E-state index in [2.05, 4.69) is 15.9 Å². The summed E-state index contributed by atoms with van der Waals surface area (Å²) in [6.07, 6.45) is 0. The fourth-order valence-electron chi connectivity index (χ4n) is 1.59. The molecule has 16 heavy (non-hydrogen) atoms. The van der Waals surface area contributed by atoms with Crippen molar-refractivity contribution in [1.82, 2.24) is 0 Å². The van der Waals surface area contributed by atoms with E-state index in [0.29, 0.717) is 11.5 Å². The zero-order valence-corrected chi connectivity index (χ0v) is 11.5. The first-order valence-corrected chi connectivity index (χ1v) is 6.26. The summed E-state index contributed by atoms with van der Waals surface area (Å²) in [6, 6.07) is 5.80. The van der Waals surface area contributed by atoms with Gasteiger partial charge in [0.25, 0.3) is 0 Å². The quantitative estimate of drug-likeness (QED) is 0.816. The van der Waals surface area contributed by atoms with Crippen LogP contribution >= 0.6 is 28.1 Å². The number of anilines is 1. The van der Waals surface area contributed by atoms with Crippen LogP contribution in [-0.2, 0) is 0 Å². The summed E-state index contributed by atoms with van der Waals surface area (Å²) in [4.78, 5) is 2.40. The average Bonchev–Trinajstić information content (AvgIpc) is 2.25. The van der Waals surface area contributed by atoms with Crippen LogP contribution in [-0.4, -0.2) is 29.8 Å². The number of likely N-dealkylation sites (N-methyl/N-ethyl adjacent to an activating group) is 1. The van der Waals surface area contributed by atoms with Gasteiger partial charge in [0, 0.05) is 28.8 Å². The second-order valence-corrected chi connectivity index (χ2v) is 4.60. The van der Waals surface area contributed by atoms with Crippen molar-refractivity contribution in [2.24, 2.45) is 5.73 Å². The van der Waals surface area contributed by atoms with Crippen LogP contribution in [0.2, 0.25) is 0 Å². The fourth-order valence-corrected chi connectivity index (χ4v) is 2.50. The Labute approximate surface area is 109 Å². The van der Waals surface area contributed by atoms with Crippen molar-refractivity contribution in [3.8, 4) is 0 Å². The van der Waals surface area contributed by atoms with Crippen molar-refractivity contribution in [2.45, 2.75) is 6.92 Å². The number of benzene rings is 1. The summed E-state index contributed by atoms with van der Waals surface area (Å²) in [5.74, 6) is 0. The lowest BCUT2D eigenvalue weighted by Crippen LogP contribution is -2.29. The molecule has 1 aromatic carbocycles. The van der Waals surface area contributed by atoms with Gasteiger partial charge in [-0.05, 0) is 35.0 Å². The molecule has 0 aliphatic rings. The van der Waals surface area contributed by atoms with Gasteiger partial charge in [0.05, 0.1) is 6.61 Å². The van der Waals surface area contributed by atoms with Crippen LogP contribution in [0.5, 0.6) is 0 Å². The van der Waals surface area contributed by atoms with Crippen molar-refractivity contribution < 1.29 is 5.11 Å². The molecule has 0 saturated carbocycles. The number of halogens is 1. The Balaban J connectivity index is 3.20. The van der Waals surface area contributed by atoms with E-state index in [4.69, 9.17) is 23.1 Å². The molecule has 88 valence electrons. The van der Waals surface area contributed by atoms with Gasteiger partial charge in [-0.2, -0.15) is 0 Å². The van der Waals surface area contributed by atoms with E-state index >= 15 is 0 Å². The van der Waals surface area contributed by atoms with Gasteiger partial charge in [-0.25, -0.2) is 0 Å². The minimum Gasteiger partial charge on any atom is -0.395 e. The van der Waals surface area contributed by atoms with Gasteiger partial charge in [-0.15, -0.1) is 0 Å². The van der Waals surface area contributed by atoms with Crippen LogP contribution < -0.4 is 10.6 Å². The zero-order valence-electron chi connectivity index (χ0n) is 9.11. The van der Waals surface area contributed by atoms with Gasteiger partial charge in [-0.1, -0.05) is 18.3 Å². The van der Waals surface area contributed by atoms with Gasteiger partial charge < -0.3 is 15.7 Å². The third kappa shape index (κ3) is 2.93. The third-order valence-electron chi connectivity index (χ3n) is 2.33. The van der Waals surface area contributed by atoms with Gasteiger partial charge >= 0.3 is 0 Å². The second-order valence-electron chi connectivity index (χ2n) is 3.30. The van der Waals surface area contributed by atoms with Crippen LogP contribution in [0.25, 0.3) is 0 Å². The van der Waals surface area contributed by atoms with E-state index in [1.54, 1.807) is 0 Å². The highest BCUT2D eigenvalue weighted by atomic mass is 79.9. The minimum atomic E-state index is 0.108. The number of rotatable bonds is 5. The maximum Gasteiger partial charge on any atom is 0.107 e. The number of thiocarbonyl (C=S) groups is 1. The Hall–Kier alpha value is -0.650. The van der Waals surface area contributed by atoms with Crippen molar-refractivity contribution in [2.75, 3.05) is 24.6 Å². The molecule has 0 atom stereocenters. The first-order valence-electron chi connectivity index (χ1n) is 5.06. The van der Waals surface area contributed by atoms with Crippen LogP contribution in [0.1, 0.15) is 12.5 Å². The Morgan fingerprint density at radius 2 is 2.25 bits per heavy atom. The second kappa shape index (κ2) is 6.18. The Kier molecular flexibility index (Phi) is 5.18. The molecule has 0 amide bonds. The SMILES string of the molecule is CCN(CCO)c1cccc(Br)c1C(N)=S.